The third-order valence-corrected chi connectivity index (χ3v) is 3.88. The highest BCUT2D eigenvalue weighted by Gasteiger charge is 2.25. The van der Waals surface area contributed by atoms with E-state index in [9.17, 15) is 5.11 Å². The Bertz CT molecular complexity index is 194. The standard InChI is InChI=1S/C13H27NO2/c1-3-13(2,15)10-16-9-12-7-5-4-6-11(12)8-14/h11-12,15H,3-10,14H2,1-2H3. The average molecular weight is 229 g/mol. The molecular formula is C13H27NO2. The molecule has 0 radical (unpaired) electrons. The van der Waals surface area contributed by atoms with Crippen LogP contribution >= 0.6 is 0 Å². The SMILES string of the molecule is CCC(C)(O)COCC1CCCCC1CN. The molecule has 3 atom stereocenters. The molecule has 1 fully saturated rings. The fourth-order valence-corrected chi connectivity index (χ4v) is 2.35. The first-order valence-electron chi connectivity index (χ1n) is 6.59. The summed E-state index contributed by atoms with van der Waals surface area (Å²) in [5.41, 5.74) is 5.10. The Kier molecular flexibility index (Phi) is 5.73. The van der Waals surface area contributed by atoms with E-state index >= 15 is 0 Å². The van der Waals surface area contributed by atoms with Crippen LogP contribution < -0.4 is 5.73 Å². The van der Waals surface area contributed by atoms with Crippen molar-refractivity contribution in [1.29, 1.82) is 0 Å². The third-order valence-electron chi connectivity index (χ3n) is 3.88. The van der Waals surface area contributed by atoms with Crippen molar-refractivity contribution < 1.29 is 9.84 Å². The van der Waals surface area contributed by atoms with E-state index < -0.39 is 5.60 Å². The quantitative estimate of drug-likeness (QED) is 0.731. The molecule has 0 aromatic carbocycles. The number of rotatable bonds is 6. The number of nitrogens with two attached hydrogens (primary N) is 1. The van der Waals surface area contributed by atoms with Gasteiger partial charge in [0.2, 0.25) is 0 Å². The molecule has 96 valence electrons. The van der Waals surface area contributed by atoms with E-state index in [1.165, 1.54) is 25.7 Å². The van der Waals surface area contributed by atoms with Crippen molar-refractivity contribution in [3.8, 4) is 0 Å². The normalized spacial score (nSPS) is 30.0. The van der Waals surface area contributed by atoms with Crippen LogP contribution in [0.4, 0.5) is 0 Å². The van der Waals surface area contributed by atoms with Crippen molar-refractivity contribution in [1.82, 2.24) is 0 Å². The molecule has 1 saturated carbocycles. The lowest BCUT2D eigenvalue weighted by Gasteiger charge is -2.31. The lowest BCUT2D eigenvalue weighted by atomic mass is 9.80. The van der Waals surface area contributed by atoms with E-state index in [1.807, 2.05) is 13.8 Å². The maximum Gasteiger partial charge on any atom is 0.0849 e. The van der Waals surface area contributed by atoms with Crippen LogP contribution in [0.1, 0.15) is 46.0 Å². The van der Waals surface area contributed by atoms with Crippen molar-refractivity contribution in [3.63, 3.8) is 0 Å². The molecule has 0 aliphatic heterocycles. The molecule has 3 N–H and O–H groups in total. The average Bonchev–Trinajstić information content (AvgIpc) is 2.29. The summed E-state index contributed by atoms with van der Waals surface area (Å²) in [6.45, 7) is 5.79. The van der Waals surface area contributed by atoms with Crippen molar-refractivity contribution in [2.75, 3.05) is 19.8 Å². The molecule has 1 rings (SSSR count). The Morgan fingerprint density at radius 2 is 1.94 bits per heavy atom. The van der Waals surface area contributed by atoms with Gasteiger partial charge in [-0.05, 0) is 44.6 Å². The zero-order chi connectivity index (χ0) is 12.0. The van der Waals surface area contributed by atoms with Gasteiger partial charge in [-0.15, -0.1) is 0 Å². The Balaban J connectivity index is 2.25. The third kappa shape index (κ3) is 4.40. The molecule has 0 aromatic rings. The minimum absolute atomic E-state index is 0.442. The van der Waals surface area contributed by atoms with Crippen LogP contribution in [0.3, 0.4) is 0 Å². The van der Waals surface area contributed by atoms with Gasteiger partial charge in [0.05, 0.1) is 12.2 Å². The van der Waals surface area contributed by atoms with E-state index in [4.69, 9.17) is 10.5 Å². The van der Waals surface area contributed by atoms with Gasteiger partial charge in [-0.3, -0.25) is 0 Å². The first-order chi connectivity index (χ1) is 7.59. The summed E-state index contributed by atoms with van der Waals surface area (Å²) in [6.07, 6.45) is 5.82. The minimum atomic E-state index is -0.674. The van der Waals surface area contributed by atoms with Crippen LogP contribution in [0.25, 0.3) is 0 Å². The maximum atomic E-state index is 9.83. The Hall–Kier alpha value is -0.120. The number of ether oxygens (including phenoxy) is 1. The van der Waals surface area contributed by atoms with Crippen LogP contribution in [0.5, 0.6) is 0 Å². The zero-order valence-corrected chi connectivity index (χ0v) is 10.7. The number of aliphatic hydroxyl groups is 1. The van der Waals surface area contributed by atoms with Crippen molar-refractivity contribution in [2.24, 2.45) is 17.6 Å². The van der Waals surface area contributed by atoms with E-state index in [2.05, 4.69) is 0 Å². The van der Waals surface area contributed by atoms with E-state index in [0.29, 0.717) is 18.4 Å². The van der Waals surface area contributed by atoms with E-state index in [-0.39, 0.29) is 0 Å². The molecule has 3 unspecified atom stereocenters. The highest BCUT2D eigenvalue weighted by molar-refractivity contribution is 4.76. The van der Waals surface area contributed by atoms with Crippen LogP contribution in [0, 0.1) is 11.8 Å². The number of hydrogen-bond donors (Lipinski definition) is 2. The second-order valence-electron chi connectivity index (χ2n) is 5.41. The van der Waals surface area contributed by atoms with Crippen LogP contribution in [-0.4, -0.2) is 30.5 Å². The van der Waals surface area contributed by atoms with Gasteiger partial charge in [0.1, 0.15) is 0 Å². The molecular weight excluding hydrogens is 202 g/mol. The topological polar surface area (TPSA) is 55.5 Å². The van der Waals surface area contributed by atoms with Crippen molar-refractivity contribution in [2.45, 2.75) is 51.6 Å². The molecule has 0 amide bonds. The molecule has 0 heterocycles. The number of hydrogen-bond acceptors (Lipinski definition) is 3. The predicted octanol–water partition coefficient (Wildman–Crippen LogP) is 1.93. The van der Waals surface area contributed by atoms with Gasteiger partial charge >= 0.3 is 0 Å². The molecule has 1 aliphatic carbocycles. The highest BCUT2D eigenvalue weighted by atomic mass is 16.5. The summed E-state index contributed by atoms with van der Waals surface area (Å²) in [6, 6.07) is 0. The van der Waals surface area contributed by atoms with Gasteiger partial charge < -0.3 is 15.6 Å². The van der Waals surface area contributed by atoms with E-state index in [0.717, 1.165) is 19.6 Å². The minimum Gasteiger partial charge on any atom is -0.388 e. The maximum absolute atomic E-state index is 9.83. The van der Waals surface area contributed by atoms with Crippen molar-refractivity contribution in [3.05, 3.63) is 0 Å². The largest absolute Gasteiger partial charge is 0.388 e. The summed E-state index contributed by atoms with van der Waals surface area (Å²) in [7, 11) is 0. The summed E-state index contributed by atoms with van der Waals surface area (Å²) < 4.78 is 5.66. The lowest BCUT2D eigenvalue weighted by Crippen LogP contribution is -2.34. The summed E-state index contributed by atoms with van der Waals surface area (Å²) in [5, 5.41) is 9.83. The molecule has 0 bridgehead atoms. The molecule has 3 nitrogen and oxygen atoms in total. The summed E-state index contributed by atoms with van der Waals surface area (Å²) in [4.78, 5) is 0. The van der Waals surface area contributed by atoms with Gasteiger partial charge in [0.25, 0.3) is 0 Å². The lowest BCUT2D eigenvalue weighted by molar-refractivity contribution is -0.0518. The molecule has 0 aromatic heterocycles. The zero-order valence-electron chi connectivity index (χ0n) is 10.7. The summed E-state index contributed by atoms with van der Waals surface area (Å²) >= 11 is 0. The van der Waals surface area contributed by atoms with Gasteiger partial charge in [-0.2, -0.15) is 0 Å². The molecule has 0 saturated heterocycles. The van der Waals surface area contributed by atoms with Crippen LogP contribution in [0.2, 0.25) is 0 Å². The van der Waals surface area contributed by atoms with Gasteiger partial charge in [-0.25, -0.2) is 0 Å². The second-order valence-corrected chi connectivity index (χ2v) is 5.41. The fourth-order valence-electron chi connectivity index (χ4n) is 2.35. The monoisotopic (exact) mass is 229 g/mol. The van der Waals surface area contributed by atoms with Crippen LogP contribution in [-0.2, 0) is 4.74 Å². The fraction of sp³-hybridized carbons (Fsp3) is 1.00. The molecule has 1 aliphatic rings. The Morgan fingerprint density at radius 1 is 1.31 bits per heavy atom. The first kappa shape index (κ1) is 13.9. The summed E-state index contributed by atoms with van der Waals surface area (Å²) in [5.74, 6) is 1.23. The van der Waals surface area contributed by atoms with E-state index in [1.54, 1.807) is 0 Å². The highest BCUT2D eigenvalue weighted by Crippen LogP contribution is 2.29. The Labute approximate surface area is 99.4 Å². The van der Waals surface area contributed by atoms with Gasteiger partial charge in [0.15, 0.2) is 0 Å². The smallest absolute Gasteiger partial charge is 0.0849 e. The predicted molar refractivity (Wildman–Crippen MR) is 66.2 cm³/mol. The molecule has 3 heteroatoms. The van der Waals surface area contributed by atoms with Gasteiger partial charge in [-0.1, -0.05) is 19.8 Å². The molecule has 16 heavy (non-hydrogen) atoms. The second kappa shape index (κ2) is 6.58. The molecule has 0 spiro atoms. The first-order valence-corrected chi connectivity index (χ1v) is 6.59. The van der Waals surface area contributed by atoms with Gasteiger partial charge in [0, 0.05) is 6.61 Å². The Morgan fingerprint density at radius 3 is 2.50 bits per heavy atom. The van der Waals surface area contributed by atoms with Crippen LogP contribution in [0.15, 0.2) is 0 Å². The van der Waals surface area contributed by atoms with Crippen molar-refractivity contribution >= 4 is 0 Å².